The van der Waals surface area contributed by atoms with E-state index in [1.54, 1.807) is 18.2 Å². The summed E-state index contributed by atoms with van der Waals surface area (Å²) in [5.74, 6) is -0.418. The maximum atomic E-state index is 14.0. The van der Waals surface area contributed by atoms with Crippen LogP contribution in [0.1, 0.15) is 30.0 Å². The normalized spacial score (nSPS) is 21.4. The Labute approximate surface area is 141 Å². The van der Waals surface area contributed by atoms with Crippen LogP contribution in [0.2, 0.25) is 0 Å². The van der Waals surface area contributed by atoms with Crippen LogP contribution in [-0.4, -0.2) is 32.3 Å². The molecule has 0 unspecified atom stereocenters. The average Bonchev–Trinajstić information content (AvgIpc) is 3.19. The molecule has 5 rings (SSSR count). The van der Waals surface area contributed by atoms with Crippen molar-refractivity contribution in [3.8, 4) is 0 Å². The summed E-state index contributed by atoms with van der Waals surface area (Å²) in [6.07, 6.45) is 3.67. The highest BCUT2D eigenvalue weighted by Gasteiger charge is 2.43. The first kappa shape index (κ1) is 14.3. The van der Waals surface area contributed by atoms with Gasteiger partial charge in [-0.2, -0.15) is 4.39 Å². The molecule has 1 N–H and O–H groups in total. The van der Waals surface area contributed by atoms with E-state index in [0.717, 1.165) is 18.4 Å². The number of hydrogen-bond donors (Lipinski definition) is 1. The van der Waals surface area contributed by atoms with E-state index in [1.807, 2.05) is 11.0 Å². The second kappa shape index (κ2) is 5.23. The van der Waals surface area contributed by atoms with Gasteiger partial charge in [-0.1, -0.05) is 0 Å². The largest absolute Gasteiger partial charge is 0.322 e. The number of nitrogens with zero attached hydrogens (tertiary/aromatic N) is 4. The third-order valence-corrected chi connectivity index (χ3v) is 5.08. The number of halogens is 1. The number of benzene rings is 1. The molecule has 3 aromatic rings. The van der Waals surface area contributed by atoms with E-state index in [1.165, 1.54) is 6.20 Å². The second-order valence-electron chi connectivity index (χ2n) is 6.43. The molecule has 1 aromatic carbocycles. The highest BCUT2D eigenvalue weighted by molar-refractivity contribution is 5.92. The Hall–Kier alpha value is -3.03. The Morgan fingerprint density at radius 2 is 2.12 bits per heavy atom. The zero-order valence-electron chi connectivity index (χ0n) is 13.1. The van der Waals surface area contributed by atoms with Gasteiger partial charge in [0.1, 0.15) is 11.0 Å². The first-order valence-electron chi connectivity index (χ1n) is 8.15. The number of pyridine rings is 1. The SMILES string of the molecule is O=C(Nc1ccc2nonc2c1)N1[C@@H]2CC[C@H]1c1ccnc(F)c1C2. The summed E-state index contributed by atoms with van der Waals surface area (Å²) in [6, 6.07) is 6.73. The lowest BCUT2D eigenvalue weighted by molar-refractivity contribution is 0.178. The molecule has 2 aliphatic heterocycles. The molecule has 4 heterocycles. The van der Waals surface area contributed by atoms with Crippen LogP contribution in [0.5, 0.6) is 0 Å². The number of anilines is 1. The number of carbonyl (C=O) groups excluding carboxylic acids is 1. The summed E-state index contributed by atoms with van der Waals surface area (Å²) < 4.78 is 18.7. The summed E-state index contributed by atoms with van der Waals surface area (Å²) in [7, 11) is 0. The Bertz CT molecular complexity index is 988. The topological polar surface area (TPSA) is 84.2 Å². The zero-order valence-corrected chi connectivity index (χ0v) is 13.1. The van der Waals surface area contributed by atoms with Gasteiger partial charge in [0.25, 0.3) is 0 Å². The minimum Gasteiger partial charge on any atom is -0.314 e. The predicted octanol–water partition coefficient (Wildman–Crippen LogP) is 3.05. The van der Waals surface area contributed by atoms with Crippen molar-refractivity contribution in [2.24, 2.45) is 0 Å². The van der Waals surface area contributed by atoms with Crippen LogP contribution in [0.3, 0.4) is 0 Å². The zero-order chi connectivity index (χ0) is 17.0. The maximum Gasteiger partial charge on any atom is 0.322 e. The number of amides is 2. The first-order chi connectivity index (χ1) is 12.2. The fraction of sp³-hybridized carbons (Fsp3) is 0.294. The van der Waals surface area contributed by atoms with Crippen LogP contribution in [0.15, 0.2) is 35.1 Å². The molecular weight excluding hydrogens is 325 g/mol. The van der Waals surface area contributed by atoms with Crippen LogP contribution in [-0.2, 0) is 6.42 Å². The van der Waals surface area contributed by atoms with Crippen molar-refractivity contribution in [1.82, 2.24) is 20.2 Å². The van der Waals surface area contributed by atoms with E-state index in [2.05, 4.69) is 25.2 Å². The molecule has 25 heavy (non-hydrogen) atoms. The fourth-order valence-electron chi connectivity index (χ4n) is 3.97. The number of nitrogens with one attached hydrogen (secondary N) is 1. The molecule has 2 atom stereocenters. The summed E-state index contributed by atoms with van der Waals surface area (Å²) in [5.41, 5.74) is 3.35. The van der Waals surface area contributed by atoms with Crippen LogP contribution in [0.4, 0.5) is 14.9 Å². The van der Waals surface area contributed by atoms with Crippen LogP contribution >= 0.6 is 0 Å². The summed E-state index contributed by atoms with van der Waals surface area (Å²) in [5, 5.41) is 10.4. The molecule has 2 aliphatic rings. The minimum absolute atomic E-state index is 0.00588. The third kappa shape index (κ3) is 2.17. The van der Waals surface area contributed by atoms with Crippen molar-refractivity contribution >= 4 is 22.8 Å². The van der Waals surface area contributed by atoms with Gasteiger partial charge in [0.05, 0.1) is 6.04 Å². The first-order valence-corrected chi connectivity index (χ1v) is 8.15. The van der Waals surface area contributed by atoms with Crippen molar-refractivity contribution in [1.29, 1.82) is 0 Å². The van der Waals surface area contributed by atoms with E-state index in [9.17, 15) is 9.18 Å². The number of carbonyl (C=O) groups is 1. The van der Waals surface area contributed by atoms with Crippen molar-refractivity contribution < 1.29 is 13.8 Å². The van der Waals surface area contributed by atoms with Crippen LogP contribution < -0.4 is 5.32 Å². The lowest BCUT2D eigenvalue weighted by Gasteiger charge is -2.36. The molecule has 0 saturated carbocycles. The molecule has 7 nitrogen and oxygen atoms in total. The van der Waals surface area contributed by atoms with Crippen molar-refractivity contribution in [3.05, 3.63) is 47.5 Å². The number of aromatic nitrogens is 3. The van der Waals surface area contributed by atoms with E-state index in [0.29, 0.717) is 28.7 Å². The smallest absolute Gasteiger partial charge is 0.314 e. The van der Waals surface area contributed by atoms with E-state index in [4.69, 9.17) is 0 Å². The third-order valence-electron chi connectivity index (χ3n) is 5.08. The molecule has 0 radical (unpaired) electrons. The monoisotopic (exact) mass is 339 g/mol. The second-order valence-corrected chi connectivity index (χ2v) is 6.43. The lowest BCUT2D eigenvalue weighted by atomic mass is 9.95. The van der Waals surface area contributed by atoms with E-state index in [-0.39, 0.29) is 18.1 Å². The molecule has 2 aromatic heterocycles. The summed E-state index contributed by atoms with van der Waals surface area (Å²) in [4.78, 5) is 18.4. The molecular formula is C17H14FN5O2. The summed E-state index contributed by atoms with van der Waals surface area (Å²) >= 11 is 0. The van der Waals surface area contributed by atoms with Gasteiger partial charge in [-0.25, -0.2) is 14.4 Å². The molecule has 126 valence electrons. The molecule has 8 heteroatoms. The molecule has 0 aliphatic carbocycles. The van der Waals surface area contributed by atoms with E-state index < -0.39 is 5.95 Å². The van der Waals surface area contributed by atoms with Gasteiger partial charge in [0, 0.05) is 23.5 Å². The van der Waals surface area contributed by atoms with Gasteiger partial charge in [-0.3, -0.25) is 0 Å². The van der Waals surface area contributed by atoms with Crippen LogP contribution in [0.25, 0.3) is 11.0 Å². The van der Waals surface area contributed by atoms with Gasteiger partial charge < -0.3 is 10.2 Å². The van der Waals surface area contributed by atoms with Gasteiger partial charge in [-0.15, -0.1) is 0 Å². The van der Waals surface area contributed by atoms with Gasteiger partial charge in [0.2, 0.25) is 5.95 Å². The number of fused-ring (bicyclic) bond motifs is 5. The maximum absolute atomic E-state index is 14.0. The Morgan fingerprint density at radius 3 is 3.04 bits per heavy atom. The molecule has 2 bridgehead atoms. The van der Waals surface area contributed by atoms with Crippen molar-refractivity contribution in [2.75, 3.05) is 5.32 Å². The Balaban J connectivity index is 1.44. The van der Waals surface area contributed by atoms with Gasteiger partial charge >= 0.3 is 6.03 Å². The Morgan fingerprint density at radius 1 is 1.24 bits per heavy atom. The molecule has 0 spiro atoms. The predicted molar refractivity (Wildman–Crippen MR) is 86.3 cm³/mol. The summed E-state index contributed by atoms with van der Waals surface area (Å²) in [6.45, 7) is 0. The molecule has 2 amide bonds. The molecule has 1 fully saturated rings. The van der Waals surface area contributed by atoms with Gasteiger partial charge in [-0.05, 0) is 59.4 Å². The lowest BCUT2D eigenvalue weighted by Crippen LogP contribution is -2.44. The minimum atomic E-state index is -0.418. The number of rotatable bonds is 1. The quantitative estimate of drug-likeness (QED) is 0.689. The number of urea groups is 1. The fourth-order valence-corrected chi connectivity index (χ4v) is 3.97. The Kier molecular flexibility index (Phi) is 3.00. The van der Waals surface area contributed by atoms with Gasteiger partial charge in [0.15, 0.2) is 0 Å². The van der Waals surface area contributed by atoms with E-state index >= 15 is 0 Å². The number of hydrogen-bond acceptors (Lipinski definition) is 5. The van der Waals surface area contributed by atoms with Crippen molar-refractivity contribution in [2.45, 2.75) is 31.3 Å². The average molecular weight is 339 g/mol. The van der Waals surface area contributed by atoms with Crippen molar-refractivity contribution in [3.63, 3.8) is 0 Å². The highest BCUT2D eigenvalue weighted by atomic mass is 19.1. The van der Waals surface area contributed by atoms with Crippen LogP contribution in [0, 0.1) is 5.95 Å². The standard InChI is InChI=1S/C17H14FN5O2/c18-16-12-8-10-2-4-15(11(12)5-6-19-16)23(10)17(24)20-9-1-3-13-14(7-9)22-25-21-13/h1,3,5-7,10,15H,2,4,8H2,(H,20,24)/t10-,15+/m1/s1. The molecule has 1 saturated heterocycles. The highest BCUT2D eigenvalue weighted by Crippen LogP contribution is 2.44.